The first-order valence-electron chi connectivity index (χ1n) is 9.06. The smallest absolute Gasteiger partial charge is 0.235 e. The van der Waals surface area contributed by atoms with Gasteiger partial charge in [-0.3, -0.25) is 9.69 Å². The molecule has 0 aliphatic heterocycles. The number of amides is 1. The Morgan fingerprint density at radius 2 is 1.96 bits per heavy atom. The predicted molar refractivity (Wildman–Crippen MR) is 110 cm³/mol. The van der Waals surface area contributed by atoms with Crippen LogP contribution in [0.1, 0.15) is 17.4 Å². The molecule has 0 fully saturated rings. The van der Waals surface area contributed by atoms with Crippen molar-refractivity contribution in [3.05, 3.63) is 89.3 Å². The van der Waals surface area contributed by atoms with Gasteiger partial charge in [0.25, 0.3) is 0 Å². The summed E-state index contributed by atoms with van der Waals surface area (Å²) in [6, 6.07) is 20.4. The molecule has 0 aliphatic rings. The normalized spacial score (nSPS) is 12.0. The number of hydrogen-bond donors (Lipinski definition) is 1. The zero-order chi connectivity index (χ0) is 19.8. The van der Waals surface area contributed by atoms with Gasteiger partial charge in [0.15, 0.2) is 0 Å². The number of halogens is 1. The molecule has 1 atom stereocenters. The topological polar surface area (TPSA) is 54.7 Å². The Balaban J connectivity index is 1.51. The van der Waals surface area contributed by atoms with Crippen LogP contribution in [-0.2, 0) is 4.79 Å². The van der Waals surface area contributed by atoms with Crippen molar-refractivity contribution in [1.29, 1.82) is 0 Å². The molecule has 0 saturated heterocycles. The van der Waals surface area contributed by atoms with E-state index < -0.39 is 0 Å². The lowest BCUT2D eigenvalue weighted by Crippen LogP contribution is -2.38. The van der Waals surface area contributed by atoms with Gasteiger partial charge in [0.05, 0.1) is 12.8 Å². The molecule has 146 valence electrons. The lowest BCUT2D eigenvalue weighted by Gasteiger charge is -2.20. The molecule has 0 aliphatic carbocycles. The Bertz CT molecular complexity index is 869. The minimum Gasteiger partial charge on any atom is -0.492 e. The van der Waals surface area contributed by atoms with Crippen LogP contribution in [0.3, 0.4) is 0 Å². The van der Waals surface area contributed by atoms with Crippen LogP contribution in [0.4, 0.5) is 0 Å². The molecule has 6 heteroatoms. The van der Waals surface area contributed by atoms with E-state index in [9.17, 15) is 4.79 Å². The second kappa shape index (κ2) is 9.97. The summed E-state index contributed by atoms with van der Waals surface area (Å²) in [7, 11) is 1.88. The number of carbonyl (C=O) groups is 1. The number of rotatable bonds is 9. The van der Waals surface area contributed by atoms with Crippen LogP contribution in [-0.4, -0.2) is 37.6 Å². The van der Waals surface area contributed by atoms with Crippen LogP contribution in [0.5, 0.6) is 5.75 Å². The van der Waals surface area contributed by atoms with Gasteiger partial charge in [-0.1, -0.05) is 48.0 Å². The highest BCUT2D eigenvalue weighted by Crippen LogP contribution is 2.22. The molecule has 0 radical (unpaired) electrons. The van der Waals surface area contributed by atoms with E-state index in [2.05, 4.69) is 5.32 Å². The Hall–Kier alpha value is -2.76. The second-order valence-electron chi connectivity index (χ2n) is 6.47. The summed E-state index contributed by atoms with van der Waals surface area (Å²) >= 11 is 5.95. The van der Waals surface area contributed by atoms with Gasteiger partial charge < -0.3 is 14.5 Å². The molecule has 3 aromatic rings. The maximum Gasteiger partial charge on any atom is 0.235 e. The Morgan fingerprint density at radius 1 is 1.14 bits per heavy atom. The van der Waals surface area contributed by atoms with Gasteiger partial charge >= 0.3 is 0 Å². The zero-order valence-corrected chi connectivity index (χ0v) is 16.4. The van der Waals surface area contributed by atoms with Gasteiger partial charge in [0.2, 0.25) is 5.91 Å². The summed E-state index contributed by atoms with van der Waals surface area (Å²) < 4.78 is 11.2. The fourth-order valence-electron chi connectivity index (χ4n) is 2.83. The van der Waals surface area contributed by atoms with Gasteiger partial charge in [-0.05, 0) is 42.9 Å². The van der Waals surface area contributed by atoms with E-state index in [1.165, 1.54) is 0 Å². The van der Waals surface area contributed by atoms with Gasteiger partial charge in [-0.2, -0.15) is 0 Å². The fourth-order valence-corrected chi connectivity index (χ4v) is 3.01. The SMILES string of the molecule is CN(CCOc1cccc(Cl)c1)CC(=O)N[C@H](c1ccccc1)c1ccco1. The first-order chi connectivity index (χ1) is 13.6. The maximum atomic E-state index is 12.6. The summed E-state index contributed by atoms with van der Waals surface area (Å²) in [6.07, 6.45) is 1.61. The highest BCUT2D eigenvalue weighted by molar-refractivity contribution is 6.30. The number of furan rings is 1. The summed E-state index contributed by atoms with van der Waals surface area (Å²) in [5.74, 6) is 1.33. The van der Waals surface area contributed by atoms with Crippen molar-refractivity contribution < 1.29 is 13.9 Å². The molecule has 1 amide bonds. The molecule has 0 bridgehead atoms. The largest absolute Gasteiger partial charge is 0.492 e. The first-order valence-corrected chi connectivity index (χ1v) is 9.44. The van der Waals surface area contributed by atoms with Crippen LogP contribution in [0.25, 0.3) is 0 Å². The van der Waals surface area contributed by atoms with Crippen LogP contribution >= 0.6 is 11.6 Å². The number of nitrogens with zero attached hydrogens (tertiary/aromatic N) is 1. The molecular formula is C22H23ClN2O3. The van der Waals surface area contributed by atoms with Crippen molar-refractivity contribution in [2.45, 2.75) is 6.04 Å². The van der Waals surface area contributed by atoms with Crippen molar-refractivity contribution >= 4 is 17.5 Å². The monoisotopic (exact) mass is 398 g/mol. The Morgan fingerprint density at radius 3 is 2.68 bits per heavy atom. The molecule has 0 saturated carbocycles. The van der Waals surface area contributed by atoms with Crippen molar-refractivity contribution in [2.24, 2.45) is 0 Å². The van der Waals surface area contributed by atoms with Gasteiger partial charge in [-0.25, -0.2) is 0 Å². The van der Waals surface area contributed by atoms with E-state index in [1.54, 1.807) is 18.4 Å². The minimum atomic E-state index is -0.320. The zero-order valence-electron chi connectivity index (χ0n) is 15.7. The summed E-state index contributed by atoms with van der Waals surface area (Å²) in [4.78, 5) is 14.5. The third-order valence-corrected chi connectivity index (χ3v) is 4.45. The minimum absolute atomic E-state index is 0.0875. The summed E-state index contributed by atoms with van der Waals surface area (Å²) in [5, 5.41) is 3.68. The first kappa shape index (κ1) is 20.0. The average Bonchev–Trinajstić information content (AvgIpc) is 3.21. The van der Waals surface area contributed by atoms with Crippen molar-refractivity contribution in [3.8, 4) is 5.75 Å². The second-order valence-corrected chi connectivity index (χ2v) is 6.91. The van der Waals surface area contributed by atoms with Crippen molar-refractivity contribution in [3.63, 3.8) is 0 Å². The van der Waals surface area contributed by atoms with Gasteiger partial charge in [0, 0.05) is 11.6 Å². The van der Waals surface area contributed by atoms with E-state index in [4.69, 9.17) is 20.8 Å². The summed E-state index contributed by atoms with van der Waals surface area (Å²) in [6.45, 7) is 1.32. The number of nitrogens with one attached hydrogen (secondary N) is 1. The van der Waals surface area contributed by atoms with Crippen molar-refractivity contribution in [1.82, 2.24) is 10.2 Å². The van der Waals surface area contributed by atoms with Crippen LogP contribution in [0.15, 0.2) is 77.4 Å². The number of likely N-dealkylation sites (N-methyl/N-ethyl adjacent to an activating group) is 1. The number of benzene rings is 2. The van der Waals surface area contributed by atoms with Crippen molar-refractivity contribution in [2.75, 3.05) is 26.7 Å². The number of hydrogen-bond acceptors (Lipinski definition) is 4. The third-order valence-electron chi connectivity index (χ3n) is 4.22. The molecule has 28 heavy (non-hydrogen) atoms. The molecule has 1 heterocycles. The maximum absolute atomic E-state index is 12.6. The van der Waals surface area contributed by atoms with E-state index in [1.807, 2.05) is 66.5 Å². The molecule has 5 nitrogen and oxygen atoms in total. The fraction of sp³-hybridized carbons (Fsp3) is 0.227. The Kier molecular flexibility index (Phi) is 7.12. The molecule has 3 rings (SSSR count). The third kappa shape index (κ3) is 5.87. The van der Waals surface area contributed by atoms with Gasteiger partial charge in [0.1, 0.15) is 24.2 Å². The van der Waals surface area contributed by atoms with Crippen LogP contribution in [0, 0.1) is 0 Å². The predicted octanol–water partition coefficient (Wildman–Crippen LogP) is 4.15. The van der Waals surface area contributed by atoms with Crippen LogP contribution < -0.4 is 10.1 Å². The number of ether oxygens (including phenoxy) is 1. The van der Waals surface area contributed by atoms with E-state index >= 15 is 0 Å². The summed E-state index contributed by atoms with van der Waals surface area (Å²) in [5.41, 5.74) is 0.970. The Labute approximate surface area is 169 Å². The van der Waals surface area contributed by atoms with E-state index in [0.29, 0.717) is 29.7 Å². The van der Waals surface area contributed by atoms with E-state index in [-0.39, 0.29) is 18.5 Å². The molecular weight excluding hydrogens is 376 g/mol. The highest BCUT2D eigenvalue weighted by atomic mass is 35.5. The average molecular weight is 399 g/mol. The standard InChI is InChI=1S/C22H23ClN2O3/c1-25(12-14-27-19-10-5-9-18(23)15-19)16-21(26)24-22(20-11-6-13-28-20)17-7-3-2-4-8-17/h2-11,13,15,22H,12,14,16H2,1H3,(H,24,26)/t22-/m1/s1. The van der Waals surface area contributed by atoms with Crippen LogP contribution in [0.2, 0.25) is 5.02 Å². The quantitative estimate of drug-likeness (QED) is 0.588. The number of carbonyl (C=O) groups excluding carboxylic acids is 1. The molecule has 0 spiro atoms. The lowest BCUT2D eigenvalue weighted by molar-refractivity contribution is -0.122. The molecule has 1 aromatic heterocycles. The van der Waals surface area contributed by atoms with E-state index in [0.717, 1.165) is 5.56 Å². The highest BCUT2D eigenvalue weighted by Gasteiger charge is 2.19. The molecule has 1 N–H and O–H groups in total. The lowest BCUT2D eigenvalue weighted by atomic mass is 10.0. The molecule has 2 aromatic carbocycles. The molecule has 0 unspecified atom stereocenters. The van der Waals surface area contributed by atoms with Gasteiger partial charge in [-0.15, -0.1) is 0 Å².